The number of amides is 4. The number of hydrogen-bond donors (Lipinski definition) is 4. The molecule has 2 atom stereocenters. The molecule has 4 amide bonds. The number of rotatable bonds is 9. The Kier molecular flexibility index (Phi) is 8.62. The van der Waals surface area contributed by atoms with Crippen molar-refractivity contribution in [3.05, 3.63) is 65.9 Å². The lowest BCUT2D eigenvalue weighted by Gasteiger charge is -2.29. The highest BCUT2D eigenvalue weighted by Crippen LogP contribution is 2.22. The van der Waals surface area contributed by atoms with E-state index in [9.17, 15) is 14.4 Å². The van der Waals surface area contributed by atoms with Gasteiger partial charge in [-0.2, -0.15) is 0 Å². The van der Waals surface area contributed by atoms with Crippen LogP contribution < -0.4 is 26.4 Å². The third-order valence-electron chi connectivity index (χ3n) is 6.70. The van der Waals surface area contributed by atoms with E-state index in [-0.39, 0.29) is 11.8 Å². The Morgan fingerprint density at radius 3 is 2.61 bits per heavy atom. The number of nitrogens with one attached hydrogen (secondary N) is 3. The molecule has 5 N–H and O–H groups in total. The first-order chi connectivity index (χ1) is 18.4. The van der Waals surface area contributed by atoms with Crippen LogP contribution >= 0.6 is 0 Å². The fraction of sp³-hybridized carbons (Fsp3) is 0.357. The third-order valence-corrected chi connectivity index (χ3v) is 6.70. The number of anilines is 1. The monoisotopic (exact) mass is 518 g/mol. The second kappa shape index (κ2) is 12.3. The summed E-state index contributed by atoms with van der Waals surface area (Å²) in [5.41, 5.74) is 7.72. The zero-order chi connectivity index (χ0) is 27.1. The number of nitrogens with zero attached hydrogens (tertiary/aromatic N) is 2. The molecule has 2 heterocycles. The van der Waals surface area contributed by atoms with Crippen molar-refractivity contribution >= 4 is 34.4 Å². The van der Waals surface area contributed by atoms with Gasteiger partial charge in [0, 0.05) is 37.6 Å². The molecule has 1 fully saturated rings. The number of benzene rings is 2. The zero-order valence-corrected chi connectivity index (χ0v) is 21.7. The third kappa shape index (κ3) is 6.31. The van der Waals surface area contributed by atoms with Crippen LogP contribution in [0.5, 0.6) is 5.75 Å². The molecule has 1 saturated heterocycles. The van der Waals surface area contributed by atoms with Gasteiger partial charge in [-0.1, -0.05) is 24.3 Å². The molecule has 1 aliphatic heterocycles. The van der Waals surface area contributed by atoms with Gasteiger partial charge in [0.05, 0.1) is 7.11 Å². The van der Waals surface area contributed by atoms with Gasteiger partial charge < -0.3 is 31.3 Å². The maximum Gasteiger partial charge on any atom is 0.315 e. The number of hydrogen-bond acceptors (Lipinski definition) is 6. The predicted molar refractivity (Wildman–Crippen MR) is 145 cm³/mol. The minimum atomic E-state index is -0.817. The highest BCUT2D eigenvalue weighted by molar-refractivity contribution is 5.93. The van der Waals surface area contributed by atoms with E-state index in [2.05, 4.69) is 20.9 Å². The smallest absolute Gasteiger partial charge is 0.315 e. The van der Waals surface area contributed by atoms with E-state index in [4.69, 9.17) is 10.5 Å². The lowest BCUT2D eigenvalue weighted by atomic mass is 10.0. The first-order valence-corrected chi connectivity index (χ1v) is 12.8. The molecule has 0 bridgehead atoms. The van der Waals surface area contributed by atoms with Crippen molar-refractivity contribution in [2.24, 2.45) is 0 Å². The van der Waals surface area contributed by atoms with Crippen molar-refractivity contribution in [3.63, 3.8) is 0 Å². The van der Waals surface area contributed by atoms with Crippen LogP contribution in [0, 0.1) is 0 Å². The van der Waals surface area contributed by atoms with Crippen LogP contribution in [0.15, 0.2) is 54.7 Å². The van der Waals surface area contributed by atoms with Crippen molar-refractivity contribution in [2.75, 3.05) is 25.9 Å². The number of urea groups is 1. The number of fused-ring (bicyclic) bond motifs is 1. The first-order valence-electron chi connectivity index (χ1n) is 12.8. The van der Waals surface area contributed by atoms with Crippen LogP contribution in [0.3, 0.4) is 0 Å². The van der Waals surface area contributed by atoms with Crippen LogP contribution in [0.2, 0.25) is 0 Å². The molecular formula is C28H34N6O4. The zero-order valence-electron chi connectivity index (χ0n) is 21.7. The van der Waals surface area contributed by atoms with Gasteiger partial charge >= 0.3 is 6.03 Å². The molecule has 10 heteroatoms. The Balaban J connectivity index is 1.44. The molecule has 0 saturated carbocycles. The Morgan fingerprint density at radius 1 is 1.11 bits per heavy atom. The predicted octanol–water partition coefficient (Wildman–Crippen LogP) is 2.36. The van der Waals surface area contributed by atoms with E-state index in [1.807, 2.05) is 55.5 Å². The maximum atomic E-state index is 13.6. The Labute approximate surface area is 221 Å². The SMILES string of the molecule is CCNC(=O)N[C@H](Cc1ccc(OC)cc1)C(=O)N1CCC[C@H]1C(=O)NCc1ccc2c(N)nccc2c1. The lowest BCUT2D eigenvalue weighted by Crippen LogP contribution is -2.55. The standard InChI is InChI=1S/C28H34N6O4/c1-3-30-28(37)33-23(16-18-6-9-21(38-2)10-7-18)27(36)34-14-4-5-24(34)26(35)32-17-19-8-11-22-20(15-19)12-13-31-25(22)29/h6-13,15,23-24H,3-5,14,16-17H2,1-2H3,(H2,29,31)(H,32,35)(H2,30,33,37)/t23-,24+/m1/s1. The van der Waals surface area contributed by atoms with Gasteiger partial charge in [-0.3, -0.25) is 9.59 Å². The number of aromatic nitrogens is 1. The number of pyridine rings is 1. The van der Waals surface area contributed by atoms with Crippen LogP contribution in [0.1, 0.15) is 30.9 Å². The summed E-state index contributed by atoms with van der Waals surface area (Å²) in [4.78, 5) is 44.9. The molecule has 0 spiro atoms. The second-order valence-electron chi connectivity index (χ2n) is 9.27. The van der Waals surface area contributed by atoms with E-state index < -0.39 is 18.1 Å². The minimum Gasteiger partial charge on any atom is -0.497 e. The van der Waals surface area contributed by atoms with Gasteiger partial charge in [0.15, 0.2) is 0 Å². The molecule has 2 aromatic carbocycles. The summed E-state index contributed by atoms with van der Waals surface area (Å²) in [6.07, 6.45) is 3.22. The van der Waals surface area contributed by atoms with Crippen LogP contribution in [-0.2, 0) is 22.6 Å². The van der Waals surface area contributed by atoms with E-state index >= 15 is 0 Å². The van der Waals surface area contributed by atoms with Crippen molar-refractivity contribution in [2.45, 2.75) is 44.8 Å². The Hall–Kier alpha value is -4.34. The van der Waals surface area contributed by atoms with Crippen LogP contribution in [-0.4, -0.2) is 60.0 Å². The fourth-order valence-electron chi connectivity index (χ4n) is 4.74. The van der Waals surface area contributed by atoms with Gasteiger partial charge in [-0.05, 0) is 60.5 Å². The summed E-state index contributed by atoms with van der Waals surface area (Å²) in [5.74, 6) is 0.671. The number of nitrogen functional groups attached to an aromatic ring is 1. The summed E-state index contributed by atoms with van der Waals surface area (Å²) in [6.45, 7) is 3.02. The average Bonchev–Trinajstić information content (AvgIpc) is 3.42. The molecule has 0 aliphatic carbocycles. The summed E-state index contributed by atoms with van der Waals surface area (Å²) in [5, 5.41) is 10.3. The molecule has 1 aromatic heterocycles. The van der Waals surface area contributed by atoms with Gasteiger partial charge in [0.25, 0.3) is 0 Å². The second-order valence-corrected chi connectivity index (χ2v) is 9.27. The Morgan fingerprint density at radius 2 is 1.87 bits per heavy atom. The quantitative estimate of drug-likeness (QED) is 0.343. The average molecular weight is 519 g/mol. The number of nitrogens with two attached hydrogens (primary N) is 1. The number of ether oxygens (including phenoxy) is 1. The molecule has 1 aliphatic rings. The summed E-state index contributed by atoms with van der Waals surface area (Å²) in [6, 6.07) is 13.1. The number of methoxy groups -OCH3 is 1. The Bertz CT molecular complexity index is 1300. The number of carbonyl (C=O) groups excluding carboxylic acids is 3. The van der Waals surface area contributed by atoms with E-state index in [0.29, 0.717) is 50.5 Å². The van der Waals surface area contributed by atoms with Crippen LogP contribution in [0.4, 0.5) is 10.6 Å². The van der Waals surface area contributed by atoms with Crippen molar-refractivity contribution < 1.29 is 19.1 Å². The molecule has 4 rings (SSSR count). The molecule has 10 nitrogen and oxygen atoms in total. The maximum absolute atomic E-state index is 13.6. The van der Waals surface area contributed by atoms with E-state index in [1.165, 1.54) is 0 Å². The first kappa shape index (κ1) is 26.7. The fourth-order valence-corrected chi connectivity index (χ4v) is 4.74. The minimum absolute atomic E-state index is 0.216. The molecule has 38 heavy (non-hydrogen) atoms. The summed E-state index contributed by atoms with van der Waals surface area (Å²) >= 11 is 0. The molecule has 0 unspecified atom stereocenters. The van der Waals surface area contributed by atoms with Crippen molar-refractivity contribution in [1.82, 2.24) is 25.8 Å². The molecule has 3 aromatic rings. The van der Waals surface area contributed by atoms with E-state index in [0.717, 1.165) is 21.9 Å². The molecule has 200 valence electrons. The van der Waals surface area contributed by atoms with Gasteiger partial charge in [-0.15, -0.1) is 0 Å². The van der Waals surface area contributed by atoms with Gasteiger partial charge in [0.1, 0.15) is 23.7 Å². The van der Waals surface area contributed by atoms with E-state index in [1.54, 1.807) is 18.2 Å². The molecule has 0 radical (unpaired) electrons. The van der Waals surface area contributed by atoms with Gasteiger partial charge in [-0.25, -0.2) is 9.78 Å². The lowest BCUT2D eigenvalue weighted by molar-refractivity contribution is -0.139. The molecular weight excluding hydrogens is 484 g/mol. The summed E-state index contributed by atoms with van der Waals surface area (Å²) < 4.78 is 5.21. The number of carbonyl (C=O) groups is 3. The van der Waals surface area contributed by atoms with Crippen LogP contribution in [0.25, 0.3) is 10.8 Å². The highest BCUT2D eigenvalue weighted by Gasteiger charge is 2.37. The largest absolute Gasteiger partial charge is 0.497 e. The van der Waals surface area contributed by atoms with Crippen molar-refractivity contribution in [3.8, 4) is 5.75 Å². The normalized spacial score (nSPS) is 15.6. The van der Waals surface area contributed by atoms with Gasteiger partial charge in [0.2, 0.25) is 11.8 Å². The topological polar surface area (TPSA) is 139 Å². The number of likely N-dealkylation sites (tertiary alicyclic amines) is 1. The highest BCUT2D eigenvalue weighted by atomic mass is 16.5. The summed E-state index contributed by atoms with van der Waals surface area (Å²) in [7, 11) is 1.59. The van der Waals surface area contributed by atoms with Crippen molar-refractivity contribution in [1.29, 1.82) is 0 Å².